The number of rotatable bonds is 4. The summed E-state index contributed by atoms with van der Waals surface area (Å²) in [6.07, 6.45) is -4.44. The molecule has 1 atom stereocenters. The summed E-state index contributed by atoms with van der Waals surface area (Å²) in [4.78, 5) is 32.9. The van der Waals surface area contributed by atoms with Crippen molar-refractivity contribution in [1.82, 2.24) is 14.9 Å². The maximum atomic E-state index is 12.9. The number of aromatic nitrogens is 2. The molecular formula is C17H18F3N5O2S. The third-order valence-corrected chi connectivity index (χ3v) is 5.67. The molecule has 0 aromatic carbocycles. The van der Waals surface area contributed by atoms with Crippen LogP contribution in [0.4, 0.5) is 19.1 Å². The van der Waals surface area contributed by atoms with Gasteiger partial charge in [-0.15, -0.1) is 11.3 Å². The zero-order valence-corrected chi connectivity index (χ0v) is 16.0. The van der Waals surface area contributed by atoms with Crippen molar-refractivity contribution >= 4 is 40.1 Å². The average Bonchev–Trinajstić information content (AvgIpc) is 3.30. The Morgan fingerprint density at radius 1 is 1.46 bits per heavy atom. The van der Waals surface area contributed by atoms with Crippen LogP contribution in [0.15, 0.2) is 32.6 Å². The molecule has 1 saturated heterocycles. The Morgan fingerprint density at radius 3 is 2.79 bits per heavy atom. The average molecular weight is 413 g/mol. The van der Waals surface area contributed by atoms with E-state index in [1.165, 1.54) is 28.2 Å². The number of nitrogens with zero attached hydrogens (tertiary/aromatic N) is 4. The van der Waals surface area contributed by atoms with Crippen LogP contribution in [-0.4, -0.2) is 46.8 Å². The minimum atomic E-state index is -4.32. The van der Waals surface area contributed by atoms with E-state index in [0.29, 0.717) is 15.9 Å². The van der Waals surface area contributed by atoms with Crippen LogP contribution in [0.5, 0.6) is 0 Å². The van der Waals surface area contributed by atoms with Gasteiger partial charge in [0.2, 0.25) is 5.95 Å². The van der Waals surface area contributed by atoms with Crippen LogP contribution in [0, 0.1) is 5.92 Å². The number of aromatic amines is 1. The Labute approximate surface area is 162 Å². The number of carbonyl (C=O) groups excluding carboxylic acids is 1. The van der Waals surface area contributed by atoms with Gasteiger partial charge in [-0.3, -0.25) is 14.6 Å². The van der Waals surface area contributed by atoms with Gasteiger partial charge in [0.1, 0.15) is 4.70 Å². The summed E-state index contributed by atoms with van der Waals surface area (Å²) in [6.45, 7) is 6.17. The van der Waals surface area contributed by atoms with Crippen LogP contribution in [0.3, 0.4) is 0 Å². The fourth-order valence-corrected chi connectivity index (χ4v) is 3.78. The zero-order chi connectivity index (χ0) is 20.6. The normalized spacial score (nSPS) is 18.3. The van der Waals surface area contributed by atoms with Gasteiger partial charge < -0.3 is 4.90 Å². The third-order valence-electron chi connectivity index (χ3n) is 4.76. The Morgan fingerprint density at radius 2 is 2.18 bits per heavy atom. The van der Waals surface area contributed by atoms with Gasteiger partial charge in [0.05, 0.1) is 17.1 Å². The summed E-state index contributed by atoms with van der Waals surface area (Å²) in [5.41, 5.74) is 0.631. The molecule has 0 radical (unpaired) electrons. The number of amides is 1. The molecule has 0 aliphatic carbocycles. The van der Waals surface area contributed by atoms with Crippen LogP contribution in [-0.2, 0) is 4.79 Å². The molecule has 1 aliphatic rings. The number of halogens is 3. The van der Waals surface area contributed by atoms with Gasteiger partial charge in [-0.2, -0.15) is 18.3 Å². The molecule has 7 nitrogen and oxygen atoms in total. The van der Waals surface area contributed by atoms with Gasteiger partial charge in [-0.1, -0.05) is 0 Å². The number of hydrogen-bond acceptors (Lipinski definition) is 6. The first kappa shape index (κ1) is 20.1. The molecule has 3 heterocycles. The van der Waals surface area contributed by atoms with E-state index < -0.39 is 18.0 Å². The smallest absolute Gasteiger partial charge is 0.338 e. The second-order valence-electron chi connectivity index (χ2n) is 6.47. The van der Waals surface area contributed by atoms with E-state index in [-0.39, 0.29) is 36.6 Å². The molecule has 28 heavy (non-hydrogen) atoms. The second-order valence-corrected chi connectivity index (χ2v) is 7.38. The lowest BCUT2D eigenvalue weighted by Crippen LogP contribution is -2.33. The van der Waals surface area contributed by atoms with E-state index in [9.17, 15) is 22.8 Å². The van der Waals surface area contributed by atoms with E-state index >= 15 is 0 Å². The summed E-state index contributed by atoms with van der Waals surface area (Å²) in [7, 11) is 0. The summed E-state index contributed by atoms with van der Waals surface area (Å²) >= 11 is 1.24. The van der Waals surface area contributed by atoms with Gasteiger partial charge >= 0.3 is 6.18 Å². The number of allylic oxidation sites excluding steroid dienone is 1. The number of fused-ring (bicyclic) bond motifs is 1. The molecule has 0 spiro atoms. The fraction of sp³-hybridized carbons (Fsp3) is 0.412. The van der Waals surface area contributed by atoms with Gasteiger partial charge in [-0.25, -0.2) is 9.99 Å². The molecule has 11 heteroatoms. The van der Waals surface area contributed by atoms with E-state index in [1.54, 1.807) is 18.4 Å². The molecule has 1 N–H and O–H groups in total. The van der Waals surface area contributed by atoms with Crippen molar-refractivity contribution in [2.24, 2.45) is 11.0 Å². The number of nitrogens with one attached hydrogen (secondary N) is 1. The highest BCUT2D eigenvalue weighted by atomic mass is 32.1. The Kier molecular flexibility index (Phi) is 5.28. The van der Waals surface area contributed by atoms with E-state index in [4.69, 9.17) is 0 Å². The molecule has 2 aromatic heterocycles. The zero-order valence-electron chi connectivity index (χ0n) is 15.2. The van der Waals surface area contributed by atoms with Crippen molar-refractivity contribution in [2.75, 3.05) is 18.1 Å². The summed E-state index contributed by atoms with van der Waals surface area (Å²) in [6, 6.07) is 1.68. The van der Waals surface area contributed by atoms with Crippen LogP contribution < -0.4 is 10.6 Å². The highest BCUT2D eigenvalue weighted by molar-refractivity contribution is 7.17. The van der Waals surface area contributed by atoms with Crippen molar-refractivity contribution in [3.05, 3.63) is 33.1 Å². The van der Waals surface area contributed by atoms with E-state index in [0.717, 1.165) is 0 Å². The molecular weight excluding hydrogens is 395 g/mol. The number of likely N-dealkylation sites (tertiary alicyclic amines) is 1. The van der Waals surface area contributed by atoms with Crippen LogP contribution >= 0.6 is 11.3 Å². The molecule has 0 saturated carbocycles. The molecule has 1 amide bonds. The summed E-state index contributed by atoms with van der Waals surface area (Å²) in [5, 5.41) is 6.74. The number of anilines is 1. The predicted molar refractivity (Wildman–Crippen MR) is 101 cm³/mol. The molecule has 1 fully saturated rings. The molecule has 0 bridgehead atoms. The first-order valence-corrected chi connectivity index (χ1v) is 9.29. The van der Waals surface area contributed by atoms with Gasteiger partial charge in [0.15, 0.2) is 0 Å². The SMILES string of the molecule is C=NN(/C(C)=C(\C)C(=O)N1CCC(C(F)(F)F)C1)c1nc2ccsc2c(=O)[nH]1. The van der Waals surface area contributed by atoms with Gasteiger partial charge in [-0.05, 0) is 31.7 Å². The van der Waals surface area contributed by atoms with Crippen molar-refractivity contribution < 1.29 is 18.0 Å². The van der Waals surface area contributed by atoms with Gasteiger partial charge in [0, 0.05) is 25.4 Å². The molecule has 3 rings (SSSR count). The quantitative estimate of drug-likeness (QED) is 0.474. The minimum Gasteiger partial charge on any atom is -0.338 e. The molecule has 1 aliphatic heterocycles. The largest absolute Gasteiger partial charge is 0.393 e. The van der Waals surface area contributed by atoms with Crippen molar-refractivity contribution in [1.29, 1.82) is 0 Å². The predicted octanol–water partition coefficient (Wildman–Crippen LogP) is 3.11. The topological polar surface area (TPSA) is 81.7 Å². The molecule has 2 aromatic rings. The number of hydrogen-bond donors (Lipinski definition) is 1. The maximum Gasteiger partial charge on any atom is 0.393 e. The van der Waals surface area contributed by atoms with Gasteiger partial charge in [0.25, 0.3) is 11.5 Å². The maximum absolute atomic E-state index is 12.9. The Hall–Kier alpha value is -2.69. The standard InChI is InChI=1S/C17H18F3N5O2S/c1-9(15(27)24-6-4-11(8-24)17(18,19)20)10(2)25(21-3)16-22-12-5-7-28-13(12)14(26)23-16/h5,7,11H,3-4,6,8H2,1-2H3,(H,22,23,26)/b10-9+. The van der Waals surface area contributed by atoms with Crippen molar-refractivity contribution in [3.8, 4) is 0 Å². The molecule has 1 unspecified atom stereocenters. The Bertz CT molecular complexity index is 1010. The Balaban J connectivity index is 1.89. The lowest BCUT2D eigenvalue weighted by molar-refractivity contribution is -0.170. The number of H-pyrrole nitrogens is 1. The number of hydrazone groups is 1. The fourth-order valence-electron chi connectivity index (χ4n) is 3.06. The van der Waals surface area contributed by atoms with Crippen LogP contribution in [0.1, 0.15) is 20.3 Å². The minimum absolute atomic E-state index is 0.0328. The lowest BCUT2D eigenvalue weighted by Gasteiger charge is -2.23. The highest BCUT2D eigenvalue weighted by Gasteiger charge is 2.44. The number of alkyl halides is 3. The van der Waals surface area contributed by atoms with Crippen molar-refractivity contribution in [3.63, 3.8) is 0 Å². The lowest BCUT2D eigenvalue weighted by atomic mass is 10.1. The summed E-state index contributed by atoms with van der Waals surface area (Å²) < 4.78 is 39.1. The third kappa shape index (κ3) is 3.66. The van der Waals surface area contributed by atoms with E-state index in [2.05, 4.69) is 21.8 Å². The summed E-state index contributed by atoms with van der Waals surface area (Å²) in [5.74, 6) is -1.96. The monoisotopic (exact) mass is 413 g/mol. The van der Waals surface area contributed by atoms with Crippen LogP contribution in [0.2, 0.25) is 0 Å². The van der Waals surface area contributed by atoms with Crippen LogP contribution in [0.25, 0.3) is 10.2 Å². The first-order chi connectivity index (χ1) is 13.1. The second kappa shape index (κ2) is 7.38. The number of thiophene rings is 1. The van der Waals surface area contributed by atoms with E-state index in [1.807, 2.05) is 0 Å². The van der Waals surface area contributed by atoms with Crippen molar-refractivity contribution in [2.45, 2.75) is 26.4 Å². The highest BCUT2D eigenvalue weighted by Crippen LogP contribution is 2.34. The first-order valence-electron chi connectivity index (χ1n) is 8.41. The number of carbonyl (C=O) groups is 1. The molecule has 150 valence electrons.